The molecule has 0 radical (unpaired) electrons. The number of carbonyl (C=O) groups excluding carboxylic acids is 3. The van der Waals surface area contributed by atoms with Gasteiger partial charge >= 0.3 is 0 Å². The second kappa shape index (κ2) is 8.12. The van der Waals surface area contributed by atoms with E-state index in [0.717, 1.165) is 4.90 Å². The zero-order chi connectivity index (χ0) is 22.1. The van der Waals surface area contributed by atoms with Gasteiger partial charge in [0.15, 0.2) is 0 Å². The van der Waals surface area contributed by atoms with Crippen LogP contribution in [0.25, 0.3) is 0 Å². The third-order valence-electron chi connectivity index (χ3n) is 4.85. The molecule has 4 rings (SSSR count). The fraction of sp³-hybridized carbons (Fsp3) is 0.0870. The first-order valence-electron chi connectivity index (χ1n) is 9.24. The summed E-state index contributed by atoms with van der Waals surface area (Å²) in [5.74, 6) is -0.447. The van der Waals surface area contributed by atoms with E-state index in [-0.39, 0.29) is 21.7 Å². The van der Waals surface area contributed by atoms with Crippen molar-refractivity contribution in [2.45, 2.75) is 0 Å². The van der Waals surface area contributed by atoms with E-state index in [4.69, 9.17) is 21.1 Å². The highest BCUT2D eigenvalue weighted by Gasteiger charge is 2.38. The van der Waals surface area contributed by atoms with E-state index < -0.39 is 17.7 Å². The molecule has 1 aliphatic heterocycles. The normalized spacial score (nSPS) is 12.5. The van der Waals surface area contributed by atoms with E-state index in [2.05, 4.69) is 5.32 Å². The fourth-order valence-corrected chi connectivity index (χ4v) is 3.54. The van der Waals surface area contributed by atoms with Crippen molar-refractivity contribution < 1.29 is 23.9 Å². The van der Waals surface area contributed by atoms with Crippen LogP contribution in [0.2, 0.25) is 5.02 Å². The third kappa shape index (κ3) is 3.71. The van der Waals surface area contributed by atoms with Crippen molar-refractivity contribution in [2.75, 3.05) is 24.4 Å². The van der Waals surface area contributed by atoms with Gasteiger partial charge in [0.2, 0.25) is 0 Å². The molecule has 0 aliphatic carbocycles. The Morgan fingerprint density at radius 3 is 2.16 bits per heavy atom. The van der Waals surface area contributed by atoms with Crippen molar-refractivity contribution in [3.05, 3.63) is 82.4 Å². The number of nitrogens with one attached hydrogen (secondary N) is 1. The molecule has 0 spiro atoms. The van der Waals surface area contributed by atoms with Gasteiger partial charge in [0.25, 0.3) is 17.7 Å². The predicted molar refractivity (Wildman–Crippen MR) is 117 cm³/mol. The van der Waals surface area contributed by atoms with Crippen molar-refractivity contribution in [3.8, 4) is 11.5 Å². The minimum atomic E-state index is -0.536. The Morgan fingerprint density at radius 2 is 1.52 bits per heavy atom. The molecule has 0 saturated heterocycles. The molecule has 0 fully saturated rings. The van der Waals surface area contributed by atoms with Crippen LogP contribution in [-0.4, -0.2) is 31.9 Å². The second-order valence-electron chi connectivity index (χ2n) is 6.71. The molecule has 1 heterocycles. The number of ether oxygens (including phenoxy) is 2. The molecule has 3 aromatic rings. The van der Waals surface area contributed by atoms with Crippen LogP contribution in [0.3, 0.4) is 0 Å². The van der Waals surface area contributed by atoms with Crippen LogP contribution in [0.15, 0.2) is 60.7 Å². The number of carbonyl (C=O) groups is 3. The summed E-state index contributed by atoms with van der Waals surface area (Å²) in [5.41, 5.74) is 1.33. The number of amides is 3. The van der Waals surface area contributed by atoms with Crippen LogP contribution < -0.4 is 19.7 Å². The molecule has 3 aromatic carbocycles. The molecule has 3 amide bonds. The Hall–Kier alpha value is -3.84. The van der Waals surface area contributed by atoms with Crippen molar-refractivity contribution in [2.24, 2.45) is 0 Å². The maximum absolute atomic E-state index is 12.9. The summed E-state index contributed by atoms with van der Waals surface area (Å²) in [7, 11) is 3.02. The lowest BCUT2D eigenvalue weighted by Gasteiger charge is -2.15. The zero-order valence-corrected chi connectivity index (χ0v) is 17.4. The summed E-state index contributed by atoms with van der Waals surface area (Å²) in [6, 6.07) is 15.9. The topological polar surface area (TPSA) is 84.9 Å². The van der Waals surface area contributed by atoms with E-state index in [9.17, 15) is 14.4 Å². The summed E-state index contributed by atoms with van der Waals surface area (Å²) in [5, 5.41) is 3.03. The lowest BCUT2D eigenvalue weighted by molar-refractivity contribution is 0.0925. The standard InChI is InChI=1S/C23H17ClN2O5/c1-30-15-10-14(11-16(12-15)31-2)25-21(27)13-7-8-17-18(9-13)23(29)26(22(17)28)20-6-4-3-5-19(20)24/h3-12H,1-2H3,(H,25,27). The van der Waals surface area contributed by atoms with E-state index >= 15 is 0 Å². The number of hydrogen-bond acceptors (Lipinski definition) is 5. The van der Waals surface area contributed by atoms with Crippen molar-refractivity contribution in [1.29, 1.82) is 0 Å². The Labute approximate surface area is 183 Å². The molecular weight excluding hydrogens is 420 g/mol. The van der Waals surface area contributed by atoms with Crippen molar-refractivity contribution in [1.82, 2.24) is 0 Å². The summed E-state index contributed by atoms with van der Waals surface area (Å²) >= 11 is 6.17. The third-order valence-corrected chi connectivity index (χ3v) is 5.17. The maximum atomic E-state index is 12.9. The highest BCUT2D eigenvalue weighted by atomic mass is 35.5. The minimum Gasteiger partial charge on any atom is -0.497 e. The summed E-state index contributed by atoms with van der Waals surface area (Å²) in [6.07, 6.45) is 0. The Bertz CT molecular complexity index is 1200. The highest BCUT2D eigenvalue weighted by Crippen LogP contribution is 2.33. The quantitative estimate of drug-likeness (QED) is 0.599. The van der Waals surface area contributed by atoms with Gasteiger partial charge in [-0.3, -0.25) is 14.4 Å². The Kier molecular flexibility index (Phi) is 5.35. The van der Waals surface area contributed by atoms with Gasteiger partial charge in [0.05, 0.1) is 36.1 Å². The first-order chi connectivity index (χ1) is 14.9. The Morgan fingerprint density at radius 1 is 0.871 bits per heavy atom. The zero-order valence-electron chi connectivity index (χ0n) is 16.6. The first-order valence-corrected chi connectivity index (χ1v) is 9.62. The number of fused-ring (bicyclic) bond motifs is 1. The number of hydrogen-bond donors (Lipinski definition) is 1. The van der Waals surface area contributed by atoms with Crippen LogP contribution in [0, 0.1) is 0 Å². The summed E-state index contributed by atoms with van der Waals surface area (Å²) in [6.45, 7) is 0. The van der Waals surface area contributed by atoms with Gasteiger partial charge in [-0.05, 0) is 30.3 Å². The molecule has 0 saturated carbocycles. The van der Waals surface area contributed by atoms with Gasteiger partial charge in [-0.2, -0.15) is 0 Å². The van der Waals surface area contributed by atoms with Crippen LogP contribution >= 0.6 is 11.6 Å². The van der Waals surface area contributed by atoms with E-state index in [1.165, 1.54) is 32.4 Å². The smallest absolute Gasteiger partial charge is 0.266 e. The van der Waals surface area contributed by atoms with Crippen LogP contribution in [0.5, 0.6) is 11.5 Å². The number of methoxy groups -OCH3 is 2. The Balaban J connectivity index is 1.63. The SMILES string of the molecule is COc1cc(NC(=O)c2ccc3c(c2)C(=O)N(c2ccccc2Cl)C3=O)cc(OC)c1. The molecule has 0 unspecified atom stereocenters. The highest BCUT2D eigenvalue weighted by molar-refractivity contribution is 6.40. The molecule has 1 N–H and O–H groups in total. The average molecular weight is 437 g/mol. The van der Waals surface area contributed by atoms with E-state index in [0.29, 0.717) is 22.9 Å². The van der Waals surface area contributed by atoms with Gasteiger partial charge < -0.3 is 14.8 Å². The van der Waals surface area contributed by atoms with Crippen molar-refractivity contribution >= 4 is 40.7 Å². The maximum Gasteiger partial charge on any atom is 0.266 e. The number of anilines is 2. The average Bonchev–Trinajstić information content (AvgIpc) is 3.03. The number of imide groups is 1. The van der Waals surface area contributed by atoms with Gasteiger partial charge in [-0.25, -0.2) is 4.90 Å². The first kappa shape index (κ1) is 20.4. The van der Waals surface area contributed by atoms with Gasteiger partial charge in [-0.1, -0.05) is 23.7 Å². The molecule has 0 aromatic heterocycles. The van der Waals surface area contributed by atoms with Gasteiger partial charge in [0, 0.05) is 29.4 Å². The lowest BCUT2D eigenvalue weighted by atomic mass is 10.1. The van der Waals surface area contributed by atoms with Crippen molar-refractivity contribution in [3.63, 3.8) is 0 Å². The summed E-state index contributed by atoms with van der Waals surface area (Å²) in [4.78, 5) is 39.5. The van der Waals surface area contributed by atoms with Gasteiger partial charge in [-0.15, -0.1) is 0 Å². The number of nitrogens with zero attached hydrogens (tertiary/aromatic N) is 1. The molecule has 1 aliphatic rings. The fourth-order valence-electron chi connectivity index (χ4n) is 3.32. The molecular formula is C23H17ClN2O5. The molecule has 8 heteroatoms. The van der Waals surface area contributed by atoms with Crippen LogP contribution in [-0.2, 0) is 0 Å². The number of benzene rings is 3. The second-order valence-corrected chi connectivity index (χ2v) is 7.12. The number of para-hydroxylation sites is 1. The summed E-state index contributed by atoms with van der Waals surface area (Å²) < 4.78 is 10.4. The van der Waals surface area contributed by atoms with Crippen LogP contribution in [0.1, 0.15) is 31.1 Å². The van der Waals surface area contributed by atoms with E-state index in [1.807, 2.05) is 0 Å². The van der Waals surface area contributed by atoms with Gasteiger partial charge in [0.1, 0.15) is 11.5 Å². The monoisotopic (exact) mass is 436 g/mol. The molecule has 7 nitrogen and oxygen atoms in total. The van der Waals surface area contributed by atoms with E-state index in [1.54, 1.807) is 42.5 Å². The molecule has 0 atom stereocenters. The lowest BCUT2D eigenvalue weighted by Crippen LogP contribution is -2.29. The predicted octanol–water partition coefficient (Wildman–Crippen LogP) is 4.41. The van der Waals surface area contributed by atoms with Crippen LogP contribution in [0.4, 0.5) is 11.4 Å². The molecule has 0 bridgehead atoms. The largest absolute Gasteiger partial charge is 0.497 e. The minimum absolute atomic E-state index is 0.140. The number of rotatable bonds is 5. The number of halogens is 1. The molecule has 156 valence electrons. The molecule has 31 heavy (non-hydrogen) atoms.